The van der Waals surface area contributed by atoms with E-state index in [9.17, 15) is 13.6 Å². The van der Waals surface area contributed by atoms with Crippen molar-refractivity contribution in [2.75, 3.05) is 5.32 Å². The molecule has 0 aliphatic carbocycles. The quantitative estimate of drug-likeness (QED) is 0.780. The normalized spacial score (nSPS) is 10.9. The van der Waals surface area contributed by atoms with Crippen LogP contribution in [0.4, 0.5) is 14.5 Å². The topological polar surface area (TPSA) is 57.8 Å². The molecule has 4 nitrogen and oxygen atoms in total. The first kappa shape index (κ1) is 12.7. The average molecular weight is 293 g/mol. The summed E-state index contributed by atoms with van der Waals surface area (Å²) < 4.78 is 26.8. The van der Waals surface area contributed by atoms with E-state index in [1.54, 1.807) is 11.4 Å². The lowest BCUT2D eigenvalue weighted by atomic mass is 10.3. The van der Waals surface area contributed by atoms with Gasteiger partial charge in [0.1, 0.15) is 22.2 Å². The number of anilines is 1. The minimum atomic E-state index is -0.691. The Hall–Kier alpha value is -2.28. The van der Waals surface area contributed by atoms with Crippen LogP contribution >= 0.6 is 11.3 Å². The molecule has 1 aromatic carbocycles. The van der Waals surface area contributed by atoms with Crippen molar-refractivity contribution in [1.82, 2.24) is 9.97 Å². The molecule has 0 fully saturated rings. The Bertz CT molecular complexity index is 828. The minimum absolute atomic E-state index is 0.142. The molecule has 0 aliphatic rings. The number of aromatic nitrogens is 2. The fourth-order valence-corrected chi connectivity index (χ4v) is 2.54. The van der Waals surface area contributed by atoms with Gasteiger partial charge in [0.15, 0.2) is 0 Å². The third-order valence-electron chi connectivity index (χ3n) is 2.74. The van der Waals surface area contributed by atoms with E-state index in [2.05, 4.69) is 15.3 Å². The first-order valence-corrected chi connectivity index (χ1v) is 6.67. The van der Waals surface area contributed by atoms with Gasteiger partial charge in [-0.25, -0.2) is 13.8 Å². The van der Waals surface area contributed by atoms with Crippen LogP contribution in [0.25, 0.3) is 10.2 Å². The molecule has 2 N–H and O–H groups in total. The molecule has 0 amide bonds. The van der Waals surface area contributed by atoms with Gasteiger partial charge in [0, 0.05) is 6.07 Å². The SMILES string of the molecule is O=c1[nH]c(CNc2ccc(F)cc2F)nc2ccsc12. The Kier molecular flexibility index (Phi) is 3.19. The first-order valence-electron chi connectivity index (χ1n) is 5.79. The maximum absolute atomic E-state index is 13.4. The maximum Gasteiger partial charge on any atom is 0.268 e. The monoisotopic (exact) mass is 293 g/mol. The summed E-state index contributed by atoms with van der Waals surface area (Å²) in [7, 11) is 0. The van der Waals surface area contributed by atoms with Crippen LogP contribution in [-0.2, 0) is 6.54 Å². The number of hydrogen-bond acceptors (Lipinski definition) is 4. The van der Waals surface area contributed by atoms with Gasteiger partial charge in [0.25, 0.3) is 5.56 Å². The van der Waals surface area contributed by atoms with E-state index in [0.29, 0.717) is 16.0 Å². The van der Waals surface area contributed by atoms with Crippen LogP contribution in [0.1, 0.15) is 5.82 Å². The van der Waals surface area contributed by atoms with Gasteiger partial charge in [0.05, 0.1) is 17.7 Å². The number of nitrogens with zero attached hydrogens (tertiary/aromatic N) is 1. The van der Waals surface area contributed by atoms with Crippen LogP contribution in [0.3, 0.4) is 0 Å². The van der Waals surface area contributed by atoms with Gasteiger partial charge >= 0.3 is 0 Å². The van der Waals surface area contributed by atoms with Gasteiger partial charge in [-0.1, -0.05) is 0 Å². The fraction of sp³-hybridized carbons (Fsp3) is 0.0769. The Balaban J connectivity index is 1.84. The summed E-state index contributed by atoms with van der Waals surface area (Å²) in [5.74, 6) is -0.937. The number of benzene rings is 1. The van der Waals surface area contributed by atoms with E-state index in [-0.39, 0.29) is 17.8 Å². The number of rotatable bonds is 3. The predicted molar refractivity (Wildman–Crippen MR) is 73.9 cm³/mol. The molecule has 0 radical (unpaired) electrons. The van der Waals surface area contributed by atoms with Gasteiger partial charge in [-0.3, -0.25) is 4.79 Å². The highest BCUT2D eigenvalue weighted by Crippen LogP contribution is 2.16. The number of hydrogen-bond donors (Lipinski definition) is 2. The Labute approximate surface area is 116 Å². The fourth-order valence-electron chi connectivity index (χ4n) is 1.82. The van der Waals surface area contributed by atoms with Crippen molar-refractivity contribution in [2.24, 2.45) is 0 Å². The second-order valence-corrected chi connectivity index (χ2v) is 5.04. The standard InChI is InChI=1S/C13H9F2N3OS/c14-7-1-2-9(8(15)5-7)16-6-11-17-10-3-4-20-12(10)13(19)18-11/h1-5,16H,6H2,(H,17,18,19). The Morgan fingerprint density at radius 1 is 1.30 bits per heavy atom. The molecule has 0 saturated heterocycles. The van der Waals surface area contributed by atoms with Gasteiger partial charge in [-0.15, -0.1) is 11.3 Å². The van der Waals surface area contributed by atoms with E-state index in [1.807, 2.05) is 0 Å². The maximum atomic E-state index is 13.4. The van der Waals surface area contributed by atoms with Crippen molar-refractivity contribution in [3.63, 3.8) is 0 Å². The lowest BCUT2D eigenvalue weighted by Crippen LogP contribution is -2.13. The molecule has 102 valence electrons. The highest BCUT2D eigenvalue weighted by molar-refractivity contribution is 7.17. The van der Waals surface area contributed by atoms with Crippen molar-refractivity contribution in [3.05, 3.63) is 57.5 Å². The molecular formula is C13H9F2N3OS. The van der Waals surface area contributed by atoms with Crippen LogP contribution in [-0.4, -0.2) is 9.97 Å². The van der Waals surface area contributed by atoms with Crippen LogP contribution < -0.4 is 10.9 Å². The third-order valence-corrected chi connectivity index (χ3v) is 3.64. The molecule has 0 aliphatic heterocycles. The largest absolute Gasteiger partial charge is 0.375 e. The van der Waals surface area contributed by atoms with E-state index in [4.69, 9.17) is 0 Å². The number of halogens is 2. The van der Waals surface area contributed by atoms with Crippen molar-refractivity contribution in [3.8, 4) is 0 Å². The molecule has 0 spiro atoms. The van der Waals surface area contributed by atoms with Crippen LogP contribution in [0, 0.1) is 11.6 Å². The molecule has 3 aromatic rings. The van der Waals surface area contributed by atoms with E-state index < -0.39 is 11.6 Å². The van der Waals surface area contributed by atoms with Crippen molar-refractivity contribution in [1.29, 1.82) is 0 Å². The second-order valence-electron chi connectivity index (χ2n) is 4.13. The first-order chi connectivity index (χ1) is 9.63. The van der Waals surface area contributed by atoms with Gasteiger partial charge in [-0.05, 0) is 23.6 Å². The van der Waals surface area contributed by atoms with Gasteiger partial charge in [0.2, 0.25) is 0 Å². The second kappa shape index (κ2) is 5.01. The number of fused-ring (bicyclic) bond motifs is 1. The summed E-state index contributed by atoms with van der Waals surface area (Å²) >= 11 is 1.31. The smallest absolute Gasteiger partial charge is 0.268 e. The molecule has 2 heterocycles. The lowest BCUT2D eigenvalue weighted by Gasteiger charge is -2.07. The van der Waals surface area contributed by atoms with E-state index in [0.717, 1.165) is 12.1 Å². The molecule has 0 atom stereocenters. The van der Waals surface area contributed by atoms with Crippen LogP contribution in [0.5, 0.6) is 0 Å². The minimum Gasteiger partial charge on any atom is -0.375 e. The van der Waals surface area contributed by atoms with Gasteiger partial charge < -0.3 is 10.3 Å². The number of nitrogens with one attached hydrogen (secondary N) is 2. The Morgan fingerprint density at radius 2 is 2.15 bits per heavy atom. The number of H-pyrrole nitrogens is 1. The zero-order valence-electron chi connectivity index (χ0n) is 10.1. The predicted octanol–water partition coefficient (Wildman–Crippen LogP) is 2.87. The Morgan fingerprint density at radius 3 is 2.95 bits per heavy atom. The van der Waals surface area contributed by atoms with Crippen LogP contribution in [0.2, 0.25) is 0 Å². The number of aromatic amines is 1. The number of thiophene rings is 1. The summed E-state index contributed by atoms with van der Waals surface area (Å²) in [5, 5.41) is 4.55. The molecular weight excluding hydrogens is 284 g/mol. The van der Waals surface area contributed by atoms with Crippen molar-refractivity contribution in [2.45, 2.75) is 6.54 Å². The average Bonchev–Trinajstić information content (AvgIpc) is 2.86. The summed E-state index contributed by atoms with van der Waals surface area (Å²) in [5.41, 5.74) is 0.538. The van der Waals surface area contributed by atoms with Gasteiger partial charge in [-0.2, -0.15) is 0 Å². The zero-order valence-corrected chi connectivity index (χ0v) is 10.9. The van der Waals surface area contributed by atoms with Crippen LogP contribution in [0.15, 0.2) is 34.4 Å². The molecule has 0 unspecified atom stereocenters. The third kappa shape index (κ3) is 2.39. The molecule has 2 aromatic heterocycles. The molecule has 20 heavy (non-hydrogen) atoms. The summed E-state index contributed by atoms with van der Waals surface area (Å²) in [6.07, 6.45) is 0. The molecule has 0 bridgehead atoms. The summed E-state index contributed by atoms with van der Waals surface area (Å²) in [4.78, 5) is 18.6. The molecule has 7 heteroatoms. The summed E-state index contributed by atoms with van der Waals surface area (Å²) in [6, 6.07) is 4.99. The lowest BCUT2D eigenvalue weighted by molar-refractivity contribution is 0.585. The van der Waals surface area contributed by atoms with Crippen molar-refractivity contribution < 1.29 is 8.78 Å². The molecule has 3 rings (SSSR count). The highest BCUT2D eigenvalue weighted by atomic mass is 32.1. The summed E-state index contributed by atoms with van der Waals surface area (Å²) in [6.45, 7) is 0.142. The highest BCUT2D eigenvalue weighted by Gasteiger charge is 2.07. The van der Waals surface area contributed by atoms with E-state index in [1.165, 1.54) is 17.4 Å². The zero-order chi connectivity index (χ0) is 14.1. The van der Waals surface area contributed by atoms with E-state index >= 15 is 0 Å². The molecule has 0 saturated carbocycles. The van der Waals surface area contributed by atoms with Crippen molar-refractivity contribution >= 4 is 27.2 Å².